The van der Waals surface area contributed by atoms with Crippen molar-refractivity contribution in [2.45, 2.75) is 20.8 Å². The van der Waals surface area contributed by atoms with E-state index < -0.39 is 4.92 Å². The largest absolute Gasteiger partial charge is 0.494 e. The van der Waals surface area contributed by atoms with Crippen LogP contribution in [-0.4, -0.2) is 43.6 Å². The van der Waals surface area contributed by atoms with Crippen LogP contribution in [-0.2, 0) is 0 Å². The second-order valence-corrected chi connectivity index (χ2v) is 6.16. The van der Waals surface area contributed by atoms with E-state index in [1.54, 1.807) is 6.07 Å². The van der Waals surface area contributed by atoms with Crippen LogP contribution in [0.2, 0.25) is 0 Å². The zero-order valence-electron chi connectivity index (χ0n) is 13.5. The third kappa shape index (κ3) is 5.99. The highest BCUT2D eigenvalue weighted by Crippen LogP contribution is 2.27. The minimum Gasteiger partial charge on any atom is -0.494 e. The summed E-state index contributed by atoms with van der Waals surface area (Å²) in [5.74, 6) is 0.514. The van der Waals surface area contributed by atoms with Crippen LogP contribution < -0.4 is 10.1 Å². The van der Waals surface area contributed by atoms with Crippen molar-refractivity contribution in [3.05, 3.63) is 28.3 Å². The van der Waals surface area contributed by atoms with Crippen molar-refractivity contribution < 1.29 is 9.66 Å². The minimum atomic E-state index is -0.404. The van der Waals surface area contributed by atoms with Gasteiger partial charge in [0.05, 0.1) is 17.6 Å². The van der Waals surface area contributed by atoms with Crippen molar-refractivity contribution in [3.63, 3.8) is 0 Å². The molecule has 0 aliphatic carbocycles. The van der Waals surface area contributed by atoms with Crippen LogP contribution >= 0.6 is 0 Å². The molecule has 1 rings (SSSR count). The van der Waals surface area contributed by atoms with E-state index in [1.807, 2.05) is 21.0 Å². The van der Waals surface area contributed by atoms with Crippen LogP contribution in [0.1, 0.15) is 20.8 Å². The van der Waals surface area contributed by atoms with Gasteiger partial charge in [-0.1, -0.05) is 13.8 Å². The number of non-ortho nitro benzene ring substituents is 1. The highest BCUT2D eigenvalue weighted by Gasteiger charge is 2.19. The van der Waals surface area contributed by atoms with Gasteiger partial charge in [0.2, 0.25) is 0 Å². The third-order valence-electron chi connectivity index (χ3n) is 2.93. The SMILES string of the molecule is CCOc1cc(NCC(C)(C)CN(C)C)cc([N+](=O)[O-])c1. The maximum Gasteiger partial charge on any atom is 0.275 e. The van der Waals surface area contributed by atoms with Crippen molar-refractivity contribution >= 4 is 11.4 Å². The molecule has 21 heavy (non-hydrogen) atoms. The molecule has 1 N–H and O–H groups in total. The van der Waals surface area contributed by atoms with Gasteiger partial charge in [-0.3, -0.25) is 10.1 Å². The van der Waals surface area contributed by atoms with Crippen molar-refractivity contribution in [3.8, 4) is 5.75 Å². The summed E-state index contributed by atoms with van der Waals surface area (Å²) in [6.45, 7) is 8.28. The molecule has 0 bridgehead atoms. The summed E-state index contributed by atoms with van der Waals surface area (Å²) < 4.78 is 5.38. The second-order valence-electron chi connectivity index (χ2n) is 6.16. The molecule has 0 saturated carbocycles. The first-order valence-electron chi connectivity index (χ1n) is 7.04. The van der Waals surface area contributed by atoms with Gasteiger partial charge in [0, 0.05) is 30.9 Å². The number of benzene rings is 1. The van der Waals surface area contributed by atoms with Gasteiger partial charge >= 0.3 is 0 Å². The molecule has 118 valence electrons. The molecule has 0 unspecified atom stereocenters. The zero-order valence-corrected chi connectivity index (χ0v) is 13.5. The molecule has 0 heterocycles. The van der Waals surface area contributed by atoms with E-state index in [9.17, 15) is 10.1 Å². The fraction of sp³-hybridized carbons (Fsp3) is 0.600. The topological polar surface area (TPSA) is 67.6 Å². The summed E-state index contributed by atoms with van der Waals surface area (Å²) in [5, 5.41) is 14.2. The van der Waals surface area contributed by atoms with Gasteiger partial charge in [0.15, 0.2) is 0 Å². The van der Waals surface area contributed by atoms with E-state index in [1.165, 1.54) is 12.1 Å². The molecule has 6 heteroatoms. The lowest BCUT2D eigenvalue weighted by molar-refractivity contribution is -0.384. The number of nitro groups is 1. The number of nitro benzene ring substituents is 1. The first kappa shape index (κ1) is 17.2. The third-order valence-corrected chi connectivity index (χ3v) is 2.93. The number of rotatable bonds is 8. The van der Waals surface area contributed by atoms with Crippen LogP contribution in [0.5, 0.6) is 5.75 Å². The monoisotopic (exact) mass is 295 g/mol. The zero-order chi connectivity index (χ0) is 16.0. The molecule has 0 saturated heterocycles. The maximum absolute atomic E-state index is 11.0. The van der Waals surface area contributed by atoms with Crippen LogP contribution in [0.4, 0.5) is 11.4 Å². The van der Waals surface area contributed by atoms with Gasteiger partial charge in [-0.25, -0.2) is 0 Å². The van der Waals surface area contributed by atoms with Gasteiger partial charge < -0.3 is 15.0 Å². The Labute approximate surface area is 126 Å². The van der Waals surface area contributed by atoms with E-state index in [2.05, 4.69) is 24.1 Å². The molecule has 0 aliphatic heterocycles. The fourth-order valence-electron chi connectivity index (χ4n) is 2.29. The van der Waals surface area contributed by atoms with Crippen molar-refractivity contribution in [2.24, 2.45) is 5.41 Å². The molecular weight excluding hydrogens is 270 g/mol. The Bertz CT molecular complexity index is 487. The Morgan fingerprint density at radius 1 is 1.33 bits per heavy atom. The molecular formula is C15H25N3O3. The summed E-state index contributed by atoms with van der Waals surface area (Å²) in [6.07, 6.45) is 0. The predicted molar refractivity (Wildman–Crippen MR) is 85.1 cm³/mol. The second kappa shape index (κ2) is 7.26. The molecule has 6 nitrogen and oxygen atoms in total. The number of hydrogen-bond donors (Lipinski definition) is 1. The van der Waals surface area contributed by atoms with E-state index in [4.69, 9.17) is 4.74 Å². The lowest BCUT2D eigenvalue weighted by Crippen LogP contribution is -2.34. The highest BCUT2D eigenvalue weighted by atomic mass is 16.6. The number of anilines is 1. The smallest absolute Gasteiger partial charge is 0.275 e. The Morgan fingerprint density at radius 2 is 2.00 bits per heavy atom. The Kier molecular flexibility index (Phi) is 5.96. The molecule has 1 aromatic carbocycles. The summed E-state index contributed by atoms with van der Waals surface area (Å²) >= 11 is 0. The lowest BCUT2D eigenvalue weighted by atomic mass is 9.93. The average molecular weight is 295 g/mol. The van der Waals surface area contributed by atoms with E-state index in [-0.39, 0.29) is 11.1 Å². The number of hydrogen-bond acceptors (Lipinski definition) is 5. The Balaban J connectivity index is 2.84. The van der Waals surface area contributed by atoms with E-state index >= 15 is 0 Å². The van der Waals surface area contributed by atoms with Crippen LogP contribution in [0, 0.1) is 15.5 Å². The van der Waals surface area contributed by atoms with Crippen LogP contribution in [0.3, 0.4) is 0 Å². The summed E-state index contributed by atoms with van der Waals surface area (Å²) in [4.78, 5) is 12.7. The summed E-state index contributed by atoms with van der Waals surface area (Å²) in [6, 6.07) is 4.77. The van der Waals surface area contributed by atoms with Crippen LogP contribution in [0.25, 0.3) is 0 Å². The average Bonchev–Trinajstić information content (AvgIpc) is 2.35. The maximum atomic E-state index is 11.0. The standard InChI is InChI=1S/C15H25N3O3/c1-6-21-14-8-12(7-13(9-14)18(19)20)16-10-15(2,3)11-17(4)5/h7-9,16H,6,10-11H2,1-5H3. The summed E-state index contributed by atoms with van der Waals surface area (Å²) in [7, 11) is 4.06. The first-order chi connectivity index (χ1) is 9.73. The van der Waals surface area contributed by atoms with E-state index in [0.29, 0.717) is 18.0 Å². The molecule has 0 amide bonds. The van der Waals surface area contributed by atoms with Crippen molar-refractivity contribution in [1.82, 2.24) is 4.90 Å². The molecule has 0 aromatic heterocycles. The number of ether oxygens (including phenoxy) is 1. The number of nitrogens with one attached hydrogen (secondary N) is 1. The van der Waals surface area contributed by atoms with Crippen molar-refractivity contribution in [1.29, 1.82) is 0 Å². The molecule has 0 fully saturated rings. The Morgan fingerprint density at radius 3 is 2.52 bits per heavy atom. The van der Waals surface area contributed by atoms with Gasteiger partial charge in [-0.15, -0.1) is 0 Å². The highest BCUT2D eigenvalue weighted by molar-refractivity contribution is 5.56. The lowest BCUT2D eigenvalue weighted by Gasteiger charge is -2.29. The molecule has 0 aliphatic rings. The summed E-state index contributed by atoms with van der Waals surface area (Å²) in [5.41, 5.74) is 0.799. The van der Waals surface area contributed by atoms with Gasteiger partial charge in [-0.05, 0) is 26.4 Å². The molecule has 0 spiro atoms. The molecule has 0 radical (unpaired) electrons. The Hall–Kier alpha value is -1.82. The molecule has 1 aromatic rings. The van der Waals surface area contributed by atoms with Crippen molar-refractivity contribution in [2.75, 3.05) is 39.1 Å². The van der Waals surface area contributed by atoms with Gasteiger partial charge in [0.25, 0.3) is 5.69 Å². The number of nitrogens with zero attached hydrogens (tertiary/aromatic N) is 2. The van der Waals surface area contributed by atoms with E-state index in [0.717, 1.165) is 13.1 Å². The predicted octanol–water partition coefficient (Wildman–Crippen LogP) is 2.99. The van der Waals surface area contributed by atoms with Gasteiger partial charge in [-0.2, -0.15) is 0 Å². The quantitative estimate of drug-likeness (QED) is 0.590. The normalized spacial score (nSPS) is 11.5. The minimum absolute atomic E-state index is 0.0360. The molecule has 0 atom stereocenters. The van der Waals surface area contributed by atoms with Gasteiger partial charge in [0.1, 0.15) is 5.75 Å². The fourth-order valence-corrected chi connectivity index (χ4v) is 2.29. The first-order valence-corrected chi connectivity index (χ1v) is 7.04. The van der Waals surface area contributed by atoms with Crippen LogP contribution in [0.15, 0.2) is 18.2 Å².